The summed E-state index contributed by atoms with van der Waals surface area (Å²) in [5.74, 6) is -0.925. The predicted octanol–water partition coefficient (Wildman–Crippen LogP) is 3.08. The quantitative estimate of drug-likeness (QED) is 0.708. The minimum Gasteiger partial charge on any atom is -0.322 e. The second-order valence-electron chi connectivity index (χ2n) is 8.73. The van der Waals surface area contributed by atoms with Gasteiger partial charge in [-0.25, -0.2) is 0 Å². The fraction of sp³-hybridized carbons (Fsp3) is 0.400. The summed E-state index contributed by atoms with van der Waals surface area (Å²) in [6.45, 7) is 8.96. The van der Waals surface area contributed by atoms with E-state index in [0.717, 1.165) is 32.7 Å². The first-order valence-electron chi connectivity index (χ1n) is 11.2. The monoisotopic (exact) mass is 434 g/mol. The molecule has 0 spiro atoms. The summed E-state index contributed by atoms with van der Waals surface area (Å²) in [6.07, 6.45) is 0.684. The molecule has 2 aliphatic rings. The number of hydrogen-bond donors (Lipinski definition) is 1. The number of anilines is 1. The number of nitrogens with one attached hydrogen (secondary N) is 1. The number of carbonyl (C=O) groups excluding carboxylic acids is 3. The van der Waals surface area contributed by atoms with Gasteiger partial charge < -0.3 is 10.2 Å². The van der Waals surface area contributed by atoms with Gasteiger partial charge in [-0.15, -0.1) is 0 Å². The van der Waals surface area contributed by atoms with E-state index in [4.69, 9.17) is 0 Å². The highest BCUT2D eigenvalue weighted by molar-refractivity contribution is 6.22. The molecule has 7 nitrogen and oxygen atoms in total. The number of likely N-dealkylation sites (N-methyl/N-ethyl adjacent to an activating group) is 1. The van der Waals surface area contributed by atoms with Gasteiger partial charge >= 0.3 is 0 Å². The van der Waals surface area contributed by atoms with Crippen LogP contribution >= 0.6 is 0 Å². The molecule has 0 saturated carbocycles. The van der Waals surface area contributed by atoms with Gasteiger partial charge in [-0.2, -0.15) is 0 Å². The van der Waals surface area contributed by atoms with Crippen LogP contribution in [0.2, 0.25) is 0 Å². The molecule has 1 fully saturated rings. The highest BCUT2D eigenvalue weighted by Gasteiger charge is 2.38. The Bertz CT molecular complexity index is 1030. The van der Waals surface area contributed by atoms with Crippen molar-refractivity contribution in [3.8, 4) is 0 Å². The molecule has 2 heterocycles. The zero-order valence-corrected chi connectivity index (χ0v) is 18.9. The lowest BCUT2D eigenvalue weighted by Crippen LogP contribution is -2.43. The highest BCUT2D eigenvalue weighted by atomic mass is 16.2. The third-order valence-corrected chi connectivity index (χ3v) is 6.43. The number of fused-ring (bicyclic) bond motifs is 1. The molecule has 7 heteroatoms. The molecule has 3 amide bonds. The van der Waals surface area contributed by atoms with E-state index in [9.17, 15) is 14.4 Å². The number of nitrogens with zero attached hydrogens (tertiary/aromatic N) is 3. The molecule has 0 aliphatic carbocycles. The third kappa shape index (κ3) is 4.45. The lowest BCUT2D eigenvalue weighted by molar-refractivity contribution is 0.0593. The lowest BCUT2D eigenvalue weighted by Gasteiger charge is -2.32. The third-order valence-electron chi connectivity index (χ3n) is 6.43. The largest absolute Gasteiger partial charge is 0.322 e. The summed E-state index contributed by atoms with van der Waals surface area (Å²) in [4.78, 5) is 44.1. The van der Waals surface area contributed by atoms with Crippen LogP contribution in [0.25, 0.3) is 0 Å². The van der Waals surface area contributed by atoms with E-state index in [2.05, 4.69) is 22.2 Å². The van der Waals surface area contributed by atoms with Crippen LogP contribution in [-0.4, -0.2) is 71.7 Å². The fourth-order valence-corrected chi connectivity index (χ4v) is 4.14. The summed E-state index contributed by atoms with van der Waals surface area (Å²) in [6, 6.07) is 12.4. The van der Waals surface area contributed by atoms with Crippen molar-refractivity contribution in [1.82, 2.24) is 14.7 Å². The zero-order valence-electron chi connectivity index (χ0n) is 18.9. The molecule has 0 bridgehead atoms. The Labute approximate surface area is 189 Å². The first kappa shape index (κ1) is 22.2. The minimum atomic E-state index is -0.331. The maximum Gasteiger partial charge on any atom is 0.261 e. The molecule has 1 unspecified atom stereocenters. The van der Waals surface area contributed by atoms with Gasteiger partial charge in [0.05, 0.1) is 11.1 Å². The number of piperazine rings is 1. The van der Waals surface area contributed by atoms with Crippen LogP contribution in [0.1, 0.15) is 56.9 Å². The van der Waals surface area contributed by atoms with Crippen molar-refractivity contribution in [2.24, 2.45) is 0 Å². The van der Waals surface area contributed by atoms with E-state index >= 15 is 0 Å². The second kappa shape index (κ2) is 9.22. The van der Waals surface area contributed by atoms with Gasteiger partial charge in [0.1, 0.15) is 0 Å². The molecule has 4 rings (SSSR count). The van der Waals surface area contributed by atoms with E-state index < -0.39 is 0 Å². The molecule has 32 heavy (non-hydrogen) atoms. The Morgan fingerprint density at radius 1 is 0.969 bits per heavy atom. The number of hydrogen-bond acceptors (Lipinski definition) is 5. The van der Waals surface area contributed by atoms with Crippen molar-refractivity contribution in [3.63, 3.8) is 0 Å². The van der Waals surface area contributed by atoms with Crippen LogP contribution < -0.4 is 5.32 Å². The number of imide groups is 1. The average Bonchev–Trinajstić information content (AvgIpc) is 3.05. The number of rotatable bonds is 6. The summed E-state index contributed by atoms with van der Waals surface area (Å²) < 4.78 is 0. The molecule has 168 valence electrons. The molecule has 0 aromatic heterocycles. The molecule has 2 aromatic rings. The van der Waals surface area contributed by atoms with Crippen molar-refractivity contribution in [2.75, 3.05) is 38.5 Å². The van der Waals surface area contributed by atoms with Crippen molar-refractivity contribution in [3.05, 3.63) is 64.7 Å². The van der Waals surface area contributed by atoms with Crippen LogP contribution in [0.3, 0.4) is 0 Å². The molecule has 1 atom stereocenters. The van der Waals surface area contributed by atoms with Gasteiger partial charge in [-0.05, 0) is 56.3 Å². The van der Waals surface area contributed by atoms with Crippen molar-refractivity contribution < 1.29 is 14.4 Å². The predicted molar refractivity (Wildman–Crippen MR) is 124 cm³/mol. The Morgan fingerprint density at radius 2 is 1.62 bits per heavy atom. The first-order chi connectivity index (χ1) is 15.4. The Balaban J connectivity index is 1.41. The van der Waals surface area contributed by atoms with E-state index in [1.54, 1.807) is 12.1 Å². The fourth-order valence-electron chi connectivity index (χ4n) is 4.14. The maximum atomic E-state index is 12.8. The summed E-state index contributed by atoms with van der Waals surface area (Å²) in [7, 11) is 2.14. The molecule has 1 N–H and O–H groups in total. The Kier molecular flexibility index (Phi) is 6.39. The van der Waals surface area contributed by atoms with Crippen LogP contribution in [0.15, 0.2) is 42.5 Å². The Hall–Kier alpha value is -3.03. The first-order valence-corrected chi connectivity index (χ1v) is 11.2. The Morgan fingerprint density at radius 3 is 2.28 bits per heavy atom. The summed E-state index contributed by atoms with van der Waals surface area (Å²) >= 11 is 0. The smallest absolute Gasteiger partial charge is 0.261 e. The van der Waals surface area contributed by atoms with Crippen molar-refractivity contribution in [1.29, 1.82) is 0 Å². The molecular weight excluding hydrogens is 404 g/mol. The van der Waals surface area contributed by atoms with E-state index in [1.807, 2.05) is 38.1 Å². The van der Waals surface area contributed by atoms with Crippen molar-refractivity contribution >= 4 is 23.4 Å². The van der Waals surface area contributed by atoms with Crippen LogP contribution in [0.4, 0.5) is 5.69 Å². The molecule has 0 radical (unpaired) electrons. The number of amides is 3. The van der Waals surface area contributed by atoms with Gasteiger partial charge in [-0.1, -0.05) is 19.1 Å². The average molecular weight is 435 g/mol. The molecule has 1 saturated heterocycles. The van der Waals surface area contributed by atoms with Crippen LogP contribution in [0.5, 0.6) is 0 Å². The maximum absolute atomic E-state index is 12.8. The standard InChI is InChI=1S/C25H30N4O3/c1-4-17(2)29-24(31)21-10-7-19(15-22(21)25(29)32)23(30)26-20-8-5-18(6-9-20)16-28-13-11-27(3)12-14-28/h5-10,15,17H,4,11-14,16H2,1-3H3,(H,26,30). The van der Waals surface area contributed by atoms with Crippen LogP contribution in [0, 0.1) is 0 Å². The lowest BCUT2D eigenvalue weighted by atomic mass is 10.1. The zero-order chi connectivity index (χ0) is 22.8. The number of benzene rings is 2. The van der Waals surface area contributed by atoms with Gasteiger partial charge in [-0.3, -0.25) is 24.2 Å². The molecular formula is C25H30N4O3. The van der Waals surface area contributed by atoms with Gasteiger partial charge in [0, 0.05) is 50.0 Å². The second-order valence-corrected chi connectivity index (χ2v) is 8.73. The topological polar surface area (TPSA) is 73.0 Å². The molecule has 2 aromatic carbocycles. The van der Waals surface area contributed by atoms with E-state index in [1.165, 1.54) is 16.5 Å². The van der Waals surface area contributed by atoms with Gasteiger partial charge in [0.2, 0.25) is 0 Å². The summed E-state index contributed by atoms with van der Waals surface area (Å²) in [5, 5.41) is 2.89. The van der Waals surface area contributed by atoms with Gasteiger partial charge in [0.25, 0.3) is 17.7 Å². The van der Waals surface area contributed by atoms with Gasteiger partial charge in [0.15, 0.2) is 0 Å². The molecule has 2 aliphatic heterocycles. The van der Waals surface area contributed by atoms with E-state index in [-0.39, 0.29) is 23.8 Å². The highest BCUT2D eigenvalue weighted by Crippen LogP contribution is 2.27. The minimum absolute atomic E-state index is 0.177. The normalized spacial score (nSPS) is 18.0. The SMILES string of the molecule is CCC(C)N1C(=O)c2ccc(C(=O)Nc3ccc(CN4CCN(C)CC4)cc3)cc2C1=O. The van der Waals surface area contributed by atoms with E-state index in [0.29, 0.717) is 28.8 Å². The van der Waals surface area contributed by atoms with Crippen molar-refractivity contribution in [2.45, 2.75) is 32.9 Å². The summed E-state index contributed by atoms with van der Waals surface area (Å²) in [5.41, 5.74) is 2.92. The number of carbonyl (C=O) groups is 3. The van der Waals surface area contributed by atoms with Crippen LogP contribution in [-0.2, 0) is 6.54 Å².